The largest absolute Gasteiger partial charge is 0.491 e. The van der Waals surface area contributed by atoms with E-state index >= 15 is 0 Å². The highest BCUT2D eigenvalue weighted by molar-refractivity contribution is 7.85. The third kappa shape index (κ3) is 7.81. The molecule has 0 bridgehead atoms. The fraction of sp³-hybridized carbons (Fsp3) is 0.273. The zero-order valence-corrected chi connectivity index (χ0v) is 17.5. The summed E-state index contributed by atoms with van der Waals surface area (Å²) in [6, 6.07) is 21.3. The zero-order chi connectivity index (χ0) is 21.2. The number of aryl methyl sites for hydroxylation is 2. The lowest BCUT2D eigenvalue weighted by molar-refractivity contribution is 0.222. The molecule has 0 atom stereocenters. The molecule has 0 saturated carbocycles. The van der Waals surface area contributed by atoms with Crippen molar-refractivity contribution >= 4 is 10.1 Å². The molecular formula is C22H24N2O5S. The Labute approximate surface area is 176 Å². The van der Waals surface area contributed by atoms with E-state index in [-0.39, 0.29) is 13.2 Å². The molecule has 1 aromatic heterocycles. The predicted molar refractivity (Wildman–Crippen MR) is 113 cm³/mol. The quantitative estimate of drug-likeness (QED) is 0.342. The molecule has 0 radical (unpaired) electrons. The van der Waals surface area contributed by atoms with E-state index in [1.54, 1.807) is 0 Å². The van der Waals surface area contributed by atoms with E-state index in [0.717, 1.165) is 35.9 Å². The van der Waals surface area contributed by atoms with Gasteiger partial charge in [0.25, 0.3) is 10.1 Å². The monoisotopic (exact) mass is 428 g/mol. The molecule has 0 amide bonds. The van der Waals surface area contributed by atoms with E-state index in [1.807, 2.05) is 66.7 Å². The number of ether oxygens (including phenoxy) is 2. The molecule has 0 N–H and O–H groups in total. The molecule has 0 saturated heterocycles. The maximum Gasteiger partial charge on any atom is 0.264 e. The second-order valence-electron chi connectivity index (χ2n) is 6.66. The molecule has 0 spiro atoms. The first-order valence-corrected chi connectivity index (χ1v) is 11.3. The van der Waals surface area contributed by atoms with E-state index in [0.29, 0.717) is 18.2 Å². The third-order valence-electron chi connectivity index (χ3n) is 4.14. The van der Waals surface area contributed by atoms with E-state index in [1.165, 1.54) is 0 Å². The first kappa shape index (κ1) is 21.7. The number of nitrogens with zero attached hydrogens (tertiary/aromatic N) is 2. The Kier molecular flexibility index (Phi) is 7.75. The van der Waals surface area contributed by atoms with Crippen LogP contribution in [-0.4, -0.2) is 38.1 Å². The van der Waals surface area contributed by atoms with Crippen molar-refractivity contribution in [2.45, 2.75) is 19.4 Å². The molecule has 0 aliphatic heterocycles. The van der Waals surface area contributed by atoms with Crippen LogP contribution in [0.15, 0.2) is 66.7 Å². The van der Waals surface area contributed by atoms with Crippen LogP contribution in [-0.2, 0) is 33.7 Å². The van der Waals surface area contributed by atoms with Gasteiger partial charge in [-0.2, -0.15) is 13.5 Å². The van der Waals surface area contributed by atoms with Gasteiger partial charge in [0.2, 0.25) is 5.88 Å². The molecule has 0 aliphatic rings. The second-order valence-corrected chi connectivity index (χ2v) is 8.30. The van der Waals surface area contributed by atoms with Gasteiger partial charge in [-0.25, -0.2) is 0 Å². The smallest absolute Gasteiger partial charge is 0.264 e. The maximum atomic E-state index is 10.9. The molecule has 3 rings (SSSR count). The molecule has 30 heavy (non-hydrogen) atoms. The SMILES string of the molecule is CS(=O)(=O)OCCOc1cccc(CCc2ccc(OCc3ccccc3)nn2)c1. The summed E-state index contributed by atoms with van der Waals surface area (Å²) in [5.41, 5.74) is 3.03. The molecule has 3 aromatic rings. The summed E-state index contributed by atoms with van der Waals surface area (Å²) in [6.45, 7) is 0.598. The van der Waals surface area contributed by atoms with E-state index in [2.05, 4.69) is 14.4 Å². The molecule has 2 aromatic carbocycles. The van der Waals surface area contributed by atoms with Gasteiger partial charge >= 0.3 is 0 Å². The van der Waals surface area contributed by atoms with Gasteiger partial charge in [-0.05, 0) is 42.2 Å². The lowest BCUT2D eigenvalue weighted by Gasteiger charge is -2.08. The highest BCUT2D eigenvalue weighted by Gasteiger charge is 2.04. The van der Waals surface area contributed by atoms with Crippen molar-refractivity contribution in [3.8, 4) is 11.6 Å². The Hall–Kier alpha value is -2.97. The minimum absolute atomic E-state index is 0.0165. The summed E-state index contributed by atoms with van der Waals surface area (Å²) in [5.74, 6) is 1.16. The molecule has 1 heterocycles. The summed E-state index contributed by atoms with van der Waals surface area (Å²) in [6.07, 6.45) is 2.51. The zero-order valence-electron chi connectivity index (χ0n) is 16.7. The maximum absolute atomic E-state index is 10.9. The van der Waals surface area contributed by atoms with Gasteiger partial charge in [0, 0.05) is 6.07 Å². The van der Waals surface area contributed by atoms with Gasteiger partial charge in [0.05, 0.1) is 11.9 Å². The normalized spacial score (nSPS) is 11.2. The van der Waals surface area contributed by atoms with Crippen molar-refractivity contribution in [3.05, 3.63) is 83.6 Å². The van der Waals surface area contributed by atoms with Crippen LogP contribution >= 0.6 is 0 Å². The first-order chi connectivity index (χ1) is 14.5. The average molecular weight is 429 g/mol. The van der Waals surface area contributed by atoms with E-state index in [4.69, 9.17) is 9.47 Å². The van der Waals surface area contributed by atoms with Crippen LogP contribution in [0.5, 0.6) is 11.6 Å². The standard InChI is InChI=1S/C22H24N2O5S/c1-30(25,26)29-15-14-27-21-9-5-8-18(16-21)10-11-20-12-13-22(24-23-20)28-17-19-6-3-2-4-7-19/h2-9,12-13,16H,10-11,14-15,17H2,1H3. The molecular weight excluding hydrogens is 404 g/mol. The first-order valence-electron chi connectivity index (χ1n) is 9.53. The summed E-state index contributed by atoms with van der Waals surface area (Å²) in [7, 11) is -3.45. The highest BCUT2D eigenvalue weighted by Crippen LogP contribution is 2.16. The number of benzene rings is 2. The van der Waals surface area contributed by atoms with Crippen LogP contribution in [0.25, 0.3) is 0 Å². The highest BCUT2D eigenvalue weighted by atomic mass is 32.2. The van der Waals surface area contributed by atoms with Gasteiger partial charge in [-0.3, -0.25) is 4.18 Å². The van der Waals surface area contributed by atoms with E-state index < -0.39 is 10.1 Å². The summed E-state index contributed by atoms with van der Waals surface area (Å²) >= 11 is 0. The molecule has 158 valence electrons. The van der Waals surface area contributed by atoms with Crippen molar-refractivity contribution in [2.24, 2.45) is 0 Å². The minimum atomic E-state index is -3.45. The molecule has 0 fully saturated rings. The molecule has 7 nitrogen and oxygen atoms in total. The second kappa shape index (κ2) is 10.7. The van der Waals surface area contributed by atoms with Crippen LogP contribution in [0.2, 0.25) is 0 Å². The topological polar surface area (TPSA) is 87.6 Å². The third-order valence-corrected chi connectivity index (χ3v) is 4.74. The molecule has 8 heteroatoms. The van der Waals surface area contributed by atoms with Crippen molar-refractivity contribution in [1.82, 2.24) is 10.2 Å². The predicted octanol–water partition coefficient (Wildman–Crippen LogP) is 3.20. The van der Waals surface area contributed by atoms with Gasteiger partial charge in [-0.15, -0.1) is 5.10 Å². The van der Waals surface area contributed by atoms with Crippen molar-refractivity contribution in [1.29, 1.82) is 0 Å². The Bertz CT molecular complexity index is 1020. The summed E-state index contributed by atoms with van der Waals surface area (Å²) in [4.78, 5) is 0. The summed E-state index contributed by atoms with van der Waals surface area (Å²) < 4.78 is 37.7. The Morgan fingerprint density at radius 1 is 0.800 bits per heavy atom. The van der Waals surface area contributed by atoms with Crippen molar-refractivity contribution in [3.63, 3.8) is 0 Å². The van der Waals surface area contributed by atoms with Crippen molar-refractivity contribution < 1.29 is 22.1 Å². The lowest BCUT2D eigenvalue weighted by Crippen LogP contribution is -2.11. The van der Waals surface area contributed by atoms with Gasteiger partial charge in [-0.1, -0.05) is 42.5 Å². The number of rotatable bonds is 11. The van der Waals surface area contributed by atoms with Crippen LogP contribution in [0.4, 0.5) is 0 Å². The van der Waals surface area contributed by atoms with Crippen LogP contribution in [0.1, 0.15) is 16.8 Å². The van der Waals surface area contributed by atoms with Crippen molar-refractivity contribution in [2.75, 3.05) is 19.5 Å². The van der Waals surface area contributed by atoms with E-state index in [9.17, 15) is 8.42 Å². The van der Waals surface area contributed by atoms with Gasteiger partial charge < -0.3 is 9.47 Å². The Balaban J connectivity index is 1.44. The molecule has 0 unspecified atom stereocenters. The number of hydrogen-bond donors (Lipinski definition) is 0. The fourth-order valence-corrected chi connectivity index (χ4v) is 3.07. The summed E-state index contributed by atoms with van der Waals surface area (Å²) in [5, 5.41) is 8.37. The number of aromatic nitrogens is 2. The Morgan fingerprint density at radius 2 is 1.60 bits per heavy atom. The van der Waals surface area contributed by atoms with Crippen LogP contribution < -0.4 is 9.47 Å². The van der Waals surface area contributed by atoms with Gasteiger partial charge in [0.15, 0.2) is 0 Å². The molecule has 0 aliphatic carbocycles. The van der Waals surface area contributed by atoms with Gasteiger partial charge in [0.1, 0.15) is 25.6 Å². The van der Waals surface area contributed by atoms with Crippen LogP contribution in [0, 0.1) is 0 Å². The lowest BCUT2D eigenvalue weighted by atomic mass is 10.1. The average Bonchev–Trinajstić information content (AvgIpc) is 2.75. The van der Waals surface area contributed by atoms with Crippen LogP contribution in [0.3, 0.4) is 0 Å². The number of hydrogen-bond acceptors (Lipinski definition) is 7. The Morgan fingerprint density at radius 3 is 2.33 bits per heavy atom. The fourth-order valence-electron chi connectivity index (χ4n) is 2.70. The minimum Gasteiger partial charge on any atom is -0.491 e.